The number of hydrogen-bond acceptors (Lipinski definition) is 7. The number of nitrogen functional groups attached to an aromatic ring is 1. The molecule has 3 N–H and O–H groups in total. The van der Waals surface area contributed by atoms with Crippen LogP contribution in [0.1, 0.15) is 0 Å². The van der Waals surface area contributed by atoms with Crippen LogP contribution < -0.4 is 20.7 Å². The highest BCUT2D eigenvalue weighted by Gasteiger charge is 2.21. The molecule has 0 unspecified atom stereocenters. The molecule has 0 radical (unpaired) electrons. The maximum atomic E-state index is 11.6. The van der Waals surface area contributed by atoms with E-state index in [0.717, 1.165) is 33.7 Å². The Morgan fingerprint density at radius 2 is 2.20 bits per heavy atom. The highest BCUT2D eigenvalue weighted by molar-refractivity contribution is 7.11. The summed E-state index contributed by atoms with van der Waals surface area (Å²) in [5, 5.41) is 3.77. The van der Waals surface area contributed by atoms with Gasteiger partial charge in [0.1, 0.15) is 21.8 Å². The Morgan fingerprint density at radius 1 is 1.32 bits per heavy atom. The van der Waals surface area contributed by atoms with E-state index >= 15 is 0 Å². The molecule has 2 aromatic heterocycles. The fourth-order valence-electron chi connectivity index (χ4n) is 2.89. The van der Waals surface area contributed by atoms with Crippen molar-refractivity contribution in [3.63, 3.8) is 0 Å². The van der Waals surface area contributed by atoms with Crippen molar-refractivity contribution in [1.82, 2.24) is 14.7 Å². The summed E-state index contributed by atoms with van der Waals surface area (Å²) in [6, 6.07) is 7.64. The number of ether oxygens (including phenoxy) is 1. The SMILES string of the molecule is COc1cc(-c2cnc3c(N4CCNC(=O)C4)snc3c2)ccc1N. The molecule has 1 aliphatic heterocycles. The van der Waals surface area contributed by atoms with Crippen molar-refractivity contribution in [3.8, 4) is 16.9 Å². The Bertz CT molecular complexity index is 955. The Balaban J connectivity index is 1.71. The number of nitrogens with one attached hydrogen (secondary N) is 1. The first kappa shape index (κ1) is 15.6. The van der Waals surface area contributed by atoms with Crippen LogP contribution in [0.15, 0.2) is 30.5 Å². The van der Waals surface area contributed by atoms with Gasteiger partial charge in [0.05, 0.1) is 19.3 Å². The number of nitrogens with zero attached hydrogens (tertiary/aromatic N) is 3. The highest BCUT2D eigenvalue weighted by atomic mass is 32.1. The van der Waals surface area contributed by atoms with Gasteiger partial charge in [0.2, 0.25) is 5.91 Å². The van der Waals surface area contributed by atoms with Gasteiger partial charge < -0.3 is 20.7 Å². The molecule has 0 bridgehead atoms. The average Bonchev–Trinajstić information content (AvgIpc) is 3.05. The van der Waals surface area contributed by atoms with Crippen LogP contribution in [0.3, 0.4) is 0 Å². The van der Waals surface area contributed by atoms with Crippen LogP contribution in [0.25, 0.3) is 22.2 Å². The minimum atomic E-state index is 0.0263. The van der Waals surface area contributed by atoms with Gasteiger partial charge in [-0.05, 0) is 35.3 Å². The summed E-state index contributed by atoms with van der Waals surface area (Å²) >= 11 is 1.37. The molecule has 3 aromatic rings. The summed E-state index contributed by atoms with van der Waals surface area (Å²) in [6.07, 6.45) is 1.81. The van der Waals surface area contributed by atoms with Crippen LogP contribution in [0.4, 0.5) is 10.7 Å². The van der Waals surface area contributed by atoms with Gasteiger partial charge in [-0.25, -0.2) is 0 Å². The quantitative estimate of drug-likeness (QED) is 0.697. The van der Waals surface area contributed by atoms with Crippen molar-refractivity contribution in [2.24, 2.45) is 0 Å². The molecule has 25 heavy (non-hydrogen) atoms. The molecule has 0 saturated carbocycles. The number of carbonyl (C=O) groups is 1. The monoisotopic (exact) mass is 355 g/mol. The van der Waals surface area contributed by atoms with Gasteiger partial charge in [0, 0.05) is 24.8 Å². The summed E-state index contributed by atoms with van der Waals surface area (Å²) in [6.45, 7) is 1.75. The van der Waals surface area contributed by atoms with Gasteiger partial charge in [-0.2, -0.15) is 4.37 Å². The maximum Gasteiger partial charge on any atom is 0.239 e. The summed E-state index contributed by atoms with van der Waals surface area (Å²) < 4.78 is 9.80. The molecule has 1 amide bonds. The Hall–Kier alpha value is -2.87. The Kier molecular flexibility index (Phi) is 3.89. The molecule has 1 fully saturated rings. The van der Waals surface area contributed by atoms with E-state index in [1.54, 1.807) is 7.11 Å². The molecule has 3 heterocycles. The van der Waals surface area contributed by atoms with Crippen molar-refractivity contribution in [2.75, 3.05) is 37.4 Å². The summed E-state index contributed by atoms with van der Waals surface area (Å²) in [5.41, 5.74) is 10.0. The molecule has 8 heteroatoms. The zero-order chi connectivity index (χ0) is 17.4. The van der Waals surface area contributed by atoms with Gasteiger partial charge in [-0.1, -0.05) is 6.07 Å². The third-order valence-corrected chi connectivity index (χ3v) is 5.11. The van der Waals surface area contributed by atoms with Crippen LogP contribution in [0, 0.1) is 0 Å². The maximum absolute atomic E-state index is 11.6. The molecule has 0 spiro atoms. The number of benzene rings is 1. The van der Waals surface area contributed by atoms with Crippen molar-refractivity contribution in [3.05, 3.63) is 30.5 Å². The van der Waals surface area contributed by atoms with Crippen LogP contribution >= 0.6 is 11.5 Å². The van der Waals surface area contributed by atoms with Gasteiger partial charge in [0.15, 0.2) is 0 Å². The van der Waals surface area contributed by atoms with E-state index in [2.05, 4.69) is 14.7 Å². The van der Waals surface area contributed by atoms with E-state index in [-0.39, 0.29) is 5.91 Å². The number of amides is 1. The predicted octanol–water partition coefficient (Wildman–Crippen LogP) is 1.89. The van der Waals surface area contributed by atoms with Crippen LogP contribution in [0.2, 0.25) is 0 Å². The average molecular weight is 355 g/mol. The normalized spacial score (nSPS) is 14.6. The first-order chi connectivity index (χ1) is 12.2. The molecule has 1 saturated heterocycles. The van der Waals surface area contributed by atoms with Crippen molar-refractivity contribution < 1.29 is 9.53 Å². The number of pyridine rings is 1. The number of carbonyl (C=O) groups excluding carboxylic acids is 1. The number of piperazine rings is 1. The largest absolute Gasteiger partial charge is 0.495 e. The number of hydrogen-bond donors (Lipinski definition) is 2. The number of rotatable bonds is 3. The van der Waals surface area contributed by atoms with Gasteiger partial charge in [0.25, 0.3) is 0 Å². The summed E-state index contributed by atoms with van der Waals surface area (Å²) in [4.78, 5) is 18.2. The molecule has 1 aromatic carbocycles. The number of nitrogens with two attached hydrogens (primary N) is 1. The minimum absolute atomic E-state index is 0.0263. The lowest BCUT2D eigenvalue weighted by atomic mass is 10.1. The van der Waals surface area contributed by atoms with E-state index in [4.69, 9.17) is 10.5 Å². The number of methoxy groups -OCH3 is 1. The first-order valence-corrected chi connectivity index (χ1v) is 8.64. The van der Waals surface area contributed by atoms with Gasteiger partial charge >= 0.3 is 0 Å². The van der Waals surface area contributed by atoms with Crippen molar-refractivity contribution in [1.29, 1.82) is 0 Å². The van der Waals surface area contributed by atoms with E-state index in [1.807, 2.05) is 35.4 Å². The second-order valence-corrected chi connectivity index (χ2v) is 6.56. The van der Waals surface area contributed by atoms with Gasteiger partial charge in [-0.15, -0.1) is 0 Å². The molecule has 4 rings (SSSR count). The number of anilines is 2. The molecular formula is C17H17N5O2S. The third kappa shape index (κ3) is 2.85. The fourth-order valence-corrected chi connectivity index (χ4v) is 3.73. The first-order valence-electron chi connectivity index (χ1n) is 7.86. The van der Waals surface area contributed by atoms with E-state index in [1.165, 1.54) is 11.5 Å². The van der Waals surface area contributed by atoms with Crippen molar-refractivity contribution >= 4 is 39.2 Å². The highest BCUT2D eigenvalue weighted by Crippen LogP contribution is 2.34. The van der Waals surface area contributed by atoms with E-state index < -0.39 is 0 Å². The lowest BCUT2D eigenvalue weighted by Crippen LogP contribution is -2.47. The van der Waals surface area contributed by atoms with E-state index in [9.17, 15) is 4.79 Å². The van der Waals surface area contributed by atoms with Crippen LogP contribution in [-0.2, 0) is 4.79 Å². The molecular weight excluding hydrogens is 338 g/mol. The summed E-state index contributed by atoms with van der Waals surface area (Å²) in [7, 11) is 1.60. The lowest BCUT2D eigenvalue weighted by molar-refractivity contribution is -0.120. The number of aromatic nitrogens is 2. The van der Waals surface area contributed by atoms with Crippen LogP contribution in [-0.4, -0.2) is 42.0 Å². The lowest BCUT2D eigenvalue weighted by Gasteiger charge is -2.26. The summed E-state index contributed by atoms with van der Waals surface area (Å²) in [5.74, 6) is 0.661. The number of fused-ring (bicyclic) bond motifs is 1. The standard InChI is InChI=1S/C17H17N5O2S/c1-24-14-7-10(2-3-12(14)18)11-6-13-16(20-8-11)17(25-21-13)22-5-4-19-15(23)9-22/h2-3,6-8H,4-5,9,18H2,1H3,(H,19,23). The second kappa shape index (κ2) is 6.21. The predicted molar refractivity (Wildman–Crippen MR) is 99.0 cm³/mol. The molecule has 0 atom stereocenters. The molecule has 1 aliphatic rings. The fraction of sp³-hybridized carbons (Fsp3) is 0.235. The smallest absolute Gasteiger partial charge is 0.239 e. The molecule has 0 aliphatic carbocycles. The van der Waals surface area contributed by atoms with E-state index in [0.29, 0.717) is 24.5 Å². The molecule has 128 valence electrons. The minimum Gasteiger partial charge on any atom is -0.495 e. The van der Waals surface area contributed by atoms with Gasteiger partial charge in [-0.3, -0.25) is 9.78 Å². The third-order valence-electron chi connectivity index (χ3n) is 4.19. The zero-order valence-corrected chi connectivity index (χ0v) is 14.5. The zero-order valence-electron chi connectivity index (χ0n) is 13.7. The topological polar surface area (TPSA) is 93.4 Å². The second-order valence-electron chi connectivity index (χ2n) is 5.81. The Morgan fingerprint density at radius 3 is 3.00 bits per heavy atom. The van der Waals surface area contributed by atoms with Crippen molar-refractivity contribution in [2.45, 2.75) is 0 Å². The molecule has 7 nitrogen and oxygen atoms in total. The Labute approximate surface area is 148 Å². The van der Waals surface area contributed by atoms with Crippen LogP contribution in [0.5, 0.6) is 5.75 Å².